The summed E-state index contributed by atoms with van der Waals surface area (Å²) >= 11 is 2.20. The standard InChI is InChI=1S/C7H7IOS/c1-10(9)7-4-2-3-6(8)5-7/h2-5H,1H3. The van der Waals surface area contributed by atoms with E-state index >= 15 is 0 Å². The van der Waals surface area contributed by atoms with Crippen LogP contribution in [-0.2, 0) is 10.8 Å². The summed E-state index contributed by atoms with van der Waals surface area (Å²) in [7, 11) is -0.844. The fourth-order valence-corrected chi connectivity index (χ4v) is 1.96. The normalized spacial score (nSPS) is 13.0. The van der Waals surface area contributed by atoms with Gasteiger partial charge in [-0.25, -0.2) is 0 Å². The Kier molecular flexibility index (Phi) is 2.85. The van der Waals surface area contributed by atoms with Crippen molar-refractivity contribution in [3.05, 3.63) is 27.8 Å². The van der Waals surface area contributed by atoms with E-state index in [1.54, 1.807) is 6.26 Å². The Balaban J connectivity index is 3.07. The lowest BCUT2D eigenvalue weighted by atomic mass is 10.4. The molecular formula is C7H7IOS. The third kappa shape index (κ3) is 2.05. The van der Waals surface area contributed by atoms with Crippen LogP contribution in [0, 0.1) is 3.57 Å². The largest absolute Gasteiger partial charge is 0.255 e. The molecule has 0 heterocycles. The van der Waals surface area contributed by atoms with Gasteiger partial charge in [0.15, 0.2) is 0 Å². The Labute approximate surface area is 76.4 Å². The van der Waals surface area contributed by atoms with Crippen LogP contribution in [-0.4, -0.2) is 10.5 Å². The summed E-state index contributed by atoms with van der Waals surface area (Å²) in [6.07, 6.45) is 1.69. The highest BCUT2D eigenvalue weighted by Crippen LogP contribution is 2.09. The summed E-state index contributed by atoms with van der Waals surface area (Å²) in [4.78, 5) is 0.895. The van der Waals surface area contributed by atoms with Gasteiger partial charge in [0, 0.05) is 25.5 Å². The predicted octanol–water partition coefficient (Wildman–Crippen LogP) is 2.03. The Bertz CT molecular complexity index is 260. The molecule has 54 valence electrons. The van der Waals surface area contributed by atoms with Crippen LogP contribution in [0.5, 0.6) is 0 Å². The monoisotopic (exact) mass is 266 g/mol. The molecule has 1 nitrogen and oxygen atoms in total. The molecule has 10 heavy (non-hydrogen) atoms. The van der Waals surface area contributed by atoms with Crippen molar-refractivity contribution in [3.8, 4) is 0 Å². The van der Waals surface area contributed by atoms with Crippen LogP contribution in [0.1, 0.15) is 0 Å². The molecule has 1 aromatic carbocycles. The lowest BCUT2D eigenvalue weighted by Gasteiger charge is -1.94. The molecule has 1 atom stereocenters. The summed E-state index contributed by atoms with van der Waals surface area (Å²) < 4.78 is 12.0. The number of hydrogen-bond donors (Lipinski definition) is 0. The first-order valence-electron chi connectivity index (χ1n) is 2.79. The molecular weight excluding hydrogens is 259 g/mol. The van der Waals surface area contributed by atoms with E-state index in [1.807, 2.05) is 24.3 Å². The molecule has 0 fully saturated rings. The van der Waals surface area contributed by atoms with Crippen LogP contribution < -0.4 is 0 Å². The van der Waals surface area contributed by atoms with Crippen molar-refractivity contribution in [3.63, 3.8) is 0 Å². The molecule has 0 aliphatic carbocycles. The van der Waals surface area contributed by atoms with Gasteiger partial charge in [-0.05, 0) is 40.8 Å². The zero-order valence-corrected chi connectivity index (χ0v) is 8.48. The van der Waals surface area contributed by atoms with E-state index in [4.69, 9.17) is 0 Å². The summed E-state index contributed by atoms with van der Waals surface area (Å²) in [5.41, 5.74) is 0. The minimum Gasteiger partial charge on any atom is -0.255 e. The van der Waals surface area contributed by atoms with Gasteiger partial charge in [-0.2, -0.15) is 0 Å². The van der Waals surface area contributed by atoms with E-state index in [0.29, 0.717) is 0 Å². The Morgan fingerprint density at radius 2 is 2.20 bits per heavy atom. The molecule has 0 aliphatic rings. The van der Waals surface area contributed by atoms with Crippen LogP contribution in [0.15, 0.2) is 29.2 Å². The predicted molar refractivity (Wildman–Crippen MR) is 51.5 cm³/mol. The molecule has 0 amide bonds. The average Bonchev–Trinajstić information content (AvgIpc) is 1.88. The van der Waals surface area contributed by atoms with Gasteiger partial charge in [0.2, 0.25) is 0 Å². The quantitative estimate of drug-likeness (QED) is 0.711. The molecule has 1 unspecified atom stereocenters. The highest BCUT2D eigenvalue weighted by atomic mass is 127. The van der Waals surface area contributed by atoms with Crippen LogP contribution in [0.2, 0.25) is 0 Å². The first-order chi connectivity index (χ1) is 4.70. The summed E-state index contributed by atoms with van der Waals surface area (Å²) in [6.45, 7) is 0. The summed E-state index contributed by atoms with van der Waals surface area (Å²) in [6, 6.07) is 7.70. The SMILES string of the molecule is CS(=O)c1cccc(I)c1. The fraction of sp³-hybridized carbons (Fsp3) is 0.143. The maximum atomic E-state index is 10.9. The molecule has 0 saturated heterocycles. The van der Waals surface area contributed by atoms with Gasteiger partial charge < -0.3 is 0 Å². The molecule has 0 spiro atoms. The van der Waals surface area contributed by atoms with E-state index in [0.717, 1.165) is 8.47 Å². The minimum atomic E-state index is -0.844. The summed E-state index contributed by atoms with van der Waals surface area (Å²) in [5, 5.41) is 0. The Morgan fingerprint density at radius 3 is 2.60 bits per heavy atom. The van der Waals surface area contributed by atoms with Gasteiger partial charge >= 0.3 is 0 Å². The maximum absolute atomic E-state index is 10.9. The van der Waals surface area contributed by atoms with Gasteiger partial charge in [0.05, 0.1) is 0 Å². The zero-order chi connectivity index (χ0) is 7.56. The molecule has 0 aromatic heterocycles. The van der Waals surface area contributed by atoms with Crippen molar-refractivity contribution in [2.75, 3.05) is 6.26 Å². The van der Waals surface area contributed by atoms with E-state index in [1.165, 1.54) is 0 Å². The third-order valence-corrected chi connectivity index (χ3v) is 2.72. The highest BCUT2D eigenvalue weighted by Gasteiger charge is 1.95. The fourth-order valence-electron chi connectivity index (χ4n) is 0.646. The maximum Gasteiger partial charge on any atom is 0.0498 e. The topological polar surface area (TPSA) is 17.1 Å². The first-order valence-corrected chi connectivity index (χ1v) is 5.43. The number of rotatable bonds is 1. The average molecular weight is 266 g/mol. The molecule has 3 heteroatoms. The lowest BCUT2D eigenvalue weighted by molar-refractivity contribution is 0.687. The molecule has 0 aliphatic heterocycles. The molecule has 0 bridgehead atoms. The Hall–Kier alpha value is 0.100. The van der Waals surface area contributed by atoms with Gasteiger partial charge in [-0.15, -0.1) is 0 Å². The second-order valence-corrected chi connectivity index (χ2v) is 4.54. The summed E-state index contributed by atoms with van der Waals surface area (Å²) in [5.74, 6) is 0. The van der Waals surface area contributed by atoms with Crippen molar-refractivity contribution in [1.29, 1.82) is 0 Å². The third-order valence-electron chi connectivity index (χ3n) is 1.13. The first kappa shape index (κ1) is 8.20. The number of halogens is 1. The molecule has 1 aromatic rings. The zero-order valence-electron chi connectivity index (χ0n) is 5.50. The van der Waals surface area contributed by atoms with Gasteiger partial charge in [0.25, 0.3) is 0 Å². The highest BCUT2D eigenvalue weighted by molar-refractivity contribution is 14.1. The van der Waals surface area contributed by atoms with Crippen molar-refractivity contribution < 1.29 is 4.21 Å². The second-order valence-electron chi connectivity index (χ2n) is 1.91. The van der Waals surface area contributed by atoms with Crippen LogP contribution in [0.25, 0.3) is 0 Å². The van der Waals surface area contributed by atoms with Gasteiger partial charge in [-0.3, -0.25) is 4.21 Å². The second kappa shape index (κ2) is 3.48. The smallest absolute Gasteiger partial charge is 0.0498 e. The molecule has 1 rings (SSSR count). The van der Waals surface area contributed by atoms with Crippen LogP contribution >= 0.6 is 22.6 Å². The van der Waals surface area contributed by atoms with E-state index in [-0.39, 0.29) is 0 Å². The molecule has 0 N–H and O–H groups in total. The van der Waals surface area contributed by atoms with E-state index < -0.39 is 10.8 Å². The number of hydrogen-bond acceptors (Lipinski definition) is 1. The van der Waals surface area contributed by atoms with Crippen molar-refractivity contribution in [1.82, 2.24) is 0 Å². The van der Waals surface area contributed by atoms with Crippen LogP contribution in [0.3, 0.4) is 0 Å². The van der Waals surface area contributed by atoms with Crippen molar-refractivity contribution in [2.45, 2.75) is 4.90 Å². The minimum absolute atomic E-state index is 0.844. The van der Waals surface area contributed by atoms with Crippen LogP contribution in [0.4, 0.5) is 0 Å². The van der Waals surface area contributed by atoms with Gasteiger partial charge in [0.1, 0.15) is 0 Å². The Morgan fingerprint density at radius 1 is 1.50 bits per heavy atom. The lowest BCUT2D eigenvalue weighted by Crippen LogP contribution is -1.86. The van der Waals surface area contributed by atoms with E-state index in [9.17, 15) is 4.21 Å². The number of benzene rings is 1. The van der Waals surface area contributed by atoms with Crippen molar-refractivity contribution in [2.24, 2.45) is 0 Å². The van der Waals surface area contributed by atoms with Gasteiger partial charge in [-0.1, -0.05) is 6.07 Å². The van der Waals surface area contributed by atoms with Crippen molar-refractivity contribution >= 4 is 33.4 Å². The molecule has 0 radical (unpaired) electrons. The van der Waals surface area contributed by atoms with E-state index in [2.05, 4.69) is 22.6 Å². The molecule has 0 saturated carbocycles.